The summed E-state index contributed by atoms with van der Waals surface area (Å²) in [6, 6.07) is 23.9. The van der Waals surface area contributed by atoms with Crippen molar-refractivity contribution < 1.29 is 0 Å². The van der Waals surface area contributed by atoms with Crippen molar-refractivity contribution in [3.8, 4) is 0 Å². The lowest BCUT2D eigenvalue weighted by Gasteiger charge is -2.16. The van der Waals surface area contributed by atoms with Crippen LogP contribution in [0, 0.1) is 0 Å². The first-order chi connectivity index (χ1) is 10.8. The zero-order valence-corrected chi connectivity index (χ0v) is 13.9. The summed E-state index contributed by atoms with van der Waals surface area (Å²) in [5.41, 5.74) is 2.69. The van der Waals surface area contributed by atoms with Gasteiger partial charge in [-0.3, -0.25) is 0 Å². The smallest absolute Gasteiger partial charge is 0.0441 e. The molecule has 0 aromatic heterocycles. The van der Waals surface area contributed by atoms with E-state index in [1.807, 2.05) is 11.8 Å². The van der Waals surface area contributed by atoms with Crippen LogP contribution >= 0.6 is 11.8 Å². The van der Waals surface area contributed by atoms with Crippen LogP contribution in [0.15, 0.2) is 71.6 Å². The van der Waals surface area contributed by atoms with Crippen LogP contribution in [0.25, 0.3) is 10.8 Å². The van der Waals surface area contributed by atoms with Gasteiger partial charge in [0.2, 0.25) is 0 Å². The highest BCUT2D eigenvalue weighted by atomic mass is 32.2. The fourth-order valence-electron chi connectivity index (χ4n) is 2.70. The van der Waals surface area contributed by atoms with Gasteiger partial charge in [-0.2, -0.15) is 0 Å². The van der Waals surface area contributed by atoms with Crippen LogP contribution < -0.4 is 4.90 Å². The lowest BCUT2D eigenvalue weighted by molar-refractivity contribution is 1.14. The molecule has 2 heteroatoms. The Morgan fingerprint density at radius 3 is 2.27 bits per heavy atom. The van der Waals surface area contributed by atoms with Crippen LogP contribution in [-0.2, 0) is 6.42 Å². The molecular formula is C20H21NS. The molecule has 0 N–H and O–H groups in total. The summed E-state index contributed by atoms with van der Waals surface area (Å²) in [5.74, 6) is 1.11. The second kappa shape index (κ2) is 6.89. The van der Waals surface area contributed by atoms with Crippen molar-refractivity contribution in [1.82, 2.24) is 0 Å². The Hall–Kier alpha value is -1.93. The van der Waals surface area contributed by atoms with E-state index in [9.17, 15) is 0 Å². The number of benzene rings is 3. The van der Waals surface area contributed by atoms with Crippen molar-refractivity contribution in [3.05, 3.63) is 72.3 Å². The van der Waals surface area contributed by atoms with Gasteiger partial charge in [0.1, 0.15) is 0 Å². The molecule has 3 aromatic carbocycles. The Labute approximate surface area is 137 Å². The zero-order valence-electron chi connectivity index (χ0n) is 13.1. The standard InChI is InChI=1S/C20H21NS/c1-21(2)19-12-6-11-18-17(19)10-7-13-20(18)22-15-14-16-8-4-3-5-9-16/h3-13H,14-15H2,1-2H3. The maximum atomic E-state index is 2.23. The Morgan fingerprint density at radius 2 is 1.50 bits per heavy atom. The van der Waals surface area contributed by atoms with Crippen LogP contribution in [0.5, 0.6) is 0 Å². The fourth-order valence-corrected chi connectivity index (χ4v) is 3.77. The molecule has 0 atom stereocenters. The lowest BCUT2D eigenvalue weighted by Crippen LogP contribution is -2.08. The summed E-state index contributed by atoms with van der Waals surface area (Å²) < 4.78 is 0. The number of rotatable bonds is 5. The van der Waals surface area contributed by atoms with Gasteiger partial charge in [-0.15, -0.1) is 11.8 Å². The van der Waals surface area contributed by atoms with Gasteiger partial charge in [0, 0.05) is 35.8 Å². The largest absolute Gasteiger partial charge is 0.377 e. The summed E-state index contributed by atoms with van der Waals surface area (Å²) in [4.78, 5) is 3.55. The highest BCUT2D eigenvalue weighted by Crippen LogP contribution is 2.33. The van der Waals surface area contributed by atoms with Crippen molar-refractivity contribution >= 4 is 28.2 Å². The molecule has 0 saturated carbocycles. The van der Waals surface area contributed by atoms with Crippen molar-refractivity contribution in [2.24, 2.45) is 0 Å². The monoisotopic (exact) mass is 307 g/mol. The molecule has 0 bridgehead atoms. The minimum Gasteiger partial charge on any atom is -0.377 e. The molecule has 1 nitrogen and oxygen atoms in total. The second-order valence-electron chi connectivity index (χ2n) is 5.61. The molecular weight excluding hydrogens is 286 g/mol. The van der Waals surface area contributed by atoms with Crippen molar-refractivity contribution in [1.29, 1.82) is 0 Å². The van der Waals surface area contributed by atoms with Crippen LogP contribution in [-0.4, -0.2) is 19.8 Å². The number of hydrogen-bond donors (Lipinski definition) is 0. The highest BCUT2D eigenvalue weighted by molar-refractivity contribution is 7.99. The van der Waals surface area contributed by atoms with E-state index >= 15 is 0 Å². The summed E-state index contributed by atoms with van der Waals surface area (Å²) >= 11 is 1.95. The fraction of sp³-hybridized carbons (Fsp3) is 0.200. The van der Waals surface area contributed by atoms with Gasteiger partial charge in [0.05, 0.1) is 0 Å². The Balaban J connectivity index is 1.81. The molecule has 0 spiro atoms. The highest BCUT2D eigenvalue weighted by Gasteiger charge is 2.06. The molecule has 0 fully saturated rings. The minimum absolute atomic E-state index is 1.11. The minimum atomic E-state index is 1.11. The Bertz CT molecular complexity index is 750. The van der Waals surface area contributed by atoms with Crippen molar-refractivity contribution in [2.45, 2.75) is 11.3 Å². The maximum absolute atomic E-state index is 2.23. The van der Waals surface area contributed by atoms with Gasteiger partial charge in [-0.05, 0) is 29.5 Å². The maximum Gasteiger partial charge on any atom is 0.0441 e. The van der Waals surface area contributed by atoms with Crippen LogP contribution in [0.4, 0.5) is 5.69 Å². The first-order valence-corrected chi connectivity index (χ1v) is 8.60. The number of aryl methyl sites for hydroxylation is 1. The van der Waals surface area contributed by atoms with Crippen LogP contribution in [0.1, 0.15) is 5.56 Å². The van der Waals surface area contributed by atoms with Crippen molar-refractivity contribution in [2.75, 3.05) is 24.7 Å². The predicted molar refractivity (Wildman–Crippen MR) is 99.1 cm³/mol. The third-order valence-corrected chi connectivity index (χ3v) is 4.91. The number of nitrogens with zero attached hydrogens (tertiary/aromatic N) is 1. The normalized spacial score (nSPS) is 10.8. The molecule has 0 aliphatic carbocycles. The molecule has 0 heterocycles. The Kier molecular flexibility index (Phi) is 4.69. The van der Waals surface area contributed by atoms with Gasteiger partial charge in [0.25, 0.3) is 0 Å². The van der Waals surface area contributed by atoms with E-state index in [-0.39, 0.29) is 0 Å². The third-order valence-electron chi connectivity index (χ3n) is 3.83. The van der Waals surface area contributed by atoms with E-state index in [0.29, 0.717) is 0 Å². The van der Waals surface area contributed by atoms with Gasteiger partial charge >= 0.3 is 0 Å². The third kappa shape index (κ3) is 3.28. The molecule has 22 heavy (non-hydrogen) atoms. The molecule has 0 aliphatic rings. The summed E-state index contributed by atoms with van der Waals surface area (Å²) in [7, 11) is 4.20. The molecule has 112 valence electrons. The van der Waals surface area contributed by atoms with Gasteiger partial charge in [0.15, 0.2) is 0 Å². The van der Waals surface area contributed by atoms with E-state index in [2.05, 4.69) is 85.7 Å². The topological polar surface area (TPSA) is 3.24 Å². The second-order valence-corrected chi connectivity index (χ2v) is 6.74. The average molecular weight is 307 g/mol. The first-order valence-electron chi connectivity index (χ1n) is 7.61. The SMILES string of the molecule is CN(C)c1cccc2c(SCCc3ccccc3)cccc12. The lowest BCUT2D eigenvalue weighted by atomic mass is 10.1. The quantitative estimate of drug-likeness (QED) is 0.593. The molecule has 0 radical (unpaired) electrons. The summed E-state index contributed by atoms with van der Waals surface area (Å²) in [5, 5.41) is 2.68. The van der Waals surface area contributed by atoms with E-state index in [1.54, 1.807) is 0 Å². The predicted octanol–water partition coefficient (Wildman–Crippen LogP) is 5.24. The van der Waals surface area contributed by atoms with E-state index < -0.39 is 0 Å². The molecule has 3 rings (SSSR count). The van der Waals surface area contributed by atoms with Gasteiger partial charge < -0.3 is 4.90 Å². The molecule has 0 aliphatic heterocycles. The van der Waals surface area contributed by atoms with Crippen LogP contribution in [0.3, 0.4) is 0 Å². The van der Waals surface area contributed by atoms with E-state index in [1.165, 1.54) is 26.9 Å². The molecule has 0 saturated heterocycles. The zero-order chi connectivity index (χ0) is 15.4. The van der Waals surface area contributed by atoms with E-state index in [0.717, 1.165) is 12.2 Å². The van der Waals surface area contributed by atoms with Crippen molar-refractivity contribution in [3.63, 3.8) is 0 Å². The molecule has 0 amide bonds. The van der Waals surface area contributed by atoms with Crippen LogP contribution in [0.2, 0.25) is 0 Å². The first kappa shape index (κ1) is 15.0. The number of anilines is 1. The number of thioether (sulfide) groups is 1. The summed E-state index contributed by atoms with van der Waals surface area (Å²) in [6.07, 6.45) is 1.11. The molecule has 0 unspecified atom stereocenters. The average Bonchev–Trinajstić information content (AvgIpc) is 2.55. The van der Waals surface area contributed by atoms with E-state index in [4.69, 9.17) is 0 Å². The van der Waals surface area contributed by atoms with Gasteiger partial charge in [-0.1, -0.05) is 54.6 Å². The summed E-state index contributed by atoms with van der Waals surface area (Å²) in [6.45, 7) is 0. The number of hydrogen-bond acceptors (Lipinski definition) is 2. The van der Waals surface area contributed by atoms with Gasteiger partial charge in [-0.25, -0.2) is 0 Å². The number of fused-ring (bicyclic) bond motifs is 1. The molecule has 3 aromatic rings. The Morgan fingerprint density at radius 1 is 0.773 bits per heavy atom.